The number of nitrogens with two attached hydrogens (primary N) is 1. The summed E-state index contributed by atoms with van der Waals surface area (Å²) in [4.78, 5) is 24.2. The number of carbonyl (C=O) groups is 1. The van der Waals surface area contributed by atoms with Crippen molar-refractivity contribution >= 4 is 11.7 Å². The average Bonchev–Trinajstić information content (AvgIpc) is 3.16. The van der Waals surface area contributed by atoms with Crippen LogP contribution < -0.4 is 11.1 Å². The highest BCUT2D eigenvalue weighted by Crippen LogP contribution is 2.33. The van der Waals surface area contributed by atoms with E-state index in [0.29, 0.717) is 12.2 Å². The highest BCUT2D eigenvalue weighted by molar-refractivity contribution is 5.79. The van der Waals surface area contributed by atoms with Gasteiger partial charge in [0.15, 0.2) is 0 Å². The van der Waals surface area contributed by atoms with E-state index in [0.717, 1.165) is 48.4 Å². The second-order valence-electron chi connectivity index (χ2n) is 10.6. The molecule has 0 aliphatic carbocycles. The molecule has 4 heterocycles. The molecule has 2 aliphatic heterocycles. The van der Waals surface area contributed by atoms with E-state index >= 15 is 0 Å². The Balaban J connectivity index is 1.46. The van der Waals surface area contributed by atoms with E-state index in [1.807, 2.05) is 24.0 Å². The SMILES string of the molecule is Cc1cc(-c2ccc(N)nc2)cc([C@@H]2CCN(C(=O)CC3=CC(C)(C)NC(C)(C)C3)C2)n1. The van der Waals surface area contributed by atoms with Gasteiger partial charge in [-0.3, -0.25) is 9.78 Å². The molecule has 0 unspecified atom stereocenters. The number of likely N-dealkylation sites (tertiary alicyclic amines) is 1. The Kier molecular flexibility index (Phi) is 5.84. The van der Waals surface area contributed by atoms with Crippen LogP contribution in [-0.4, -0.2) is 44.9 Å². The van der Waals surface area contributed by atoms with Gasteiger partial charge in [0.05, 0.1) is 0 Å². The number of anilines is 1. The molecule has 1 amide bonds. The van der Waals surface area contributed by atoms with Crippen LogP contribution >= 0.6 is 0 Å². The lowest BCUT2D eigenvalue weighted by molar-refractivity contribution is -0.129. The zero-order valence-electron chi connectivity index (χ0n) is 19.9. The molecule has 6 nitrogen and oxygen atoms in total. The van der Waals surface area contributed by atoms with Crippen LogP contribution in [0.25, 0.3) is 11.1 Å². The van der Waals surface area contributed by atoms with Crippen molar-refractivity contribution in [2.24, 2.45) is 0 Å². The van der Waals surface area contributed by atoms with Gasteiger partial charge in [-0.05, 0) is 77.3 Å². The summed E-state index contributed by atoms with van der Waals surface area (Å²) >= 11 is 0. The van der Waals surface area contributed by atoms with Gasteiger partial charge in [0.2, 0.25) is 5.91 Å². The summed E-state index contributed by atoms with van der Waals surface area (Å²) in [6, 6.07) is 8.01. The van der Waals surface area contributed by atoms with E-state index in [2.05, 4.69) is 56.2 Å². The lowest BCUT2D eigenvalue weighted by Crippen LogP contribution is -2.54. The number of nitrogens with one attached hydrogen (secondary N) is 1. The largest absolute Gasteiger partial charge is 0.384 e. The Bertz CT molecular complexity index is 1040. The summed E-state index contributed by atoms with van der Waals surface area (Å²) in [5.41, 5.74) is 11.0. The minimum atomic E-state index is -0.0935. The number of nitrogens with zero attached hydrogens (tertiary/aromatic N) is 3. The van der Waals surface area contributed by atoms with Crippen molar-refractivity contribution in [1.29, 1.82) is 0 Å². The van der Waals surface area contributed by atoms with E-state index in [1.165, 1.54) is 5.57 Å². The minimum absolute atomic E-state index is 0.000253. The normalized spacial score (nSPS) is 22.0. The minimum Gasteiger partial charge on any atom is -0.384 e. The number of amides is 1. The second kappa shape index (κ2) is 8.32. The maximum atomic E-state index is 13.1. The number of aromatic nitrogens is 2. The molecule has 0 bridgehead atoms. The third-order valence-corrected chi connectivity index (χ3v) is 6.32. The van der Waals surface area contributed by atoms with Gasteiger partial charge in [-0.25, -0.2) is 4.98 Å². The molecule has 1 saturated heterocycles. The number of nitrogen functional groups attached to an aromatic ring is 1. The van der Waals surface area contributed by atoms with E-state index in [1.54, 1.807) is 6.20 Å². The molecule has 170 valence electrons. The highest BCUT2D eigenvalue weighted by atomic mass is 16.2. The van der Waals surface area contributed by atoms with Crippen LogP contribution in [-0.2, 0) is 4.79 Å². The van der Waals surface area contributed by atoms with Gasteiger partial charge in [-0.1, -0.05) is 11.6 Å². The molecule has 1 fully saturated rings. The molecule has 1 atom stereocenters. The molecule has 2 aromatic rings. The highest BCUT2D eigenvalue weighted by Gasteiger charge is 2.34. The molecule has 0 spiro atoms. The fraction of sp³-hybridized carbons (Fsp3) is 0.500. The van der Waals surface area contributed by atoms with E-state index in [4.69, 9.17) is 10.7 Å². The van der Waals surface area contributed by atoms with Crippen LogP contribution in [0, 0.1) is 6.92 Å². The molecule has 3 N–H and O–H groups in total. The summed E-state index contributed by atoms with van der Waals surface area (Å²) in [5.74, 6) is 0.998. The van der Waals surface area contributed by atoms with Gasteiger partial charge in [0, 0.05) is 59.7 Å². The van der Waals surface area contributed by atoms with Crippen molar-refractivity contribution in [3.05, 3.63) is 53.5 Å². The average molecular weight is 434 g/mol. The van der Waals surface area contributed by atoms with Crippen molar-refractivity contribution in [2.45, 2.75) is 70.9 Å². The van der Waals surface area contributed by atoms with Crippen LogP contribution in [0.5, 0.6) is 0 Å². The predicted octanol–water partition coefficient (Wildman–Crippen LogP) is 4.22. The summed E-state index contributed by atoms with van der Waals surface area (Å²) in [5, 5.41) is 3.64. The van der Waals surface area contributed by atoms with E-state index in [9.17, 15) is 4.79 Å². The van der Waals surface area contributed by atoms with Gasteiger partial charge >= 0.3 is 0 Å². The van der Waals surface area contributed by atoms with Crippen LogP contribution in [0.3, 0.4) is 0 Å². The topological polar surface area (TPSA) is 84.1 Å². The van der Waals surface area contributed by atoms with Crippen molar-refractivity contribution in [3.8, 4) is 11.1 Å². The first-order chi connectivity index (χ1) is 15.0. The predicted molar refractivity (Wildman–Crippen MR) is 129 cm³/mol. The summed E-state index contributed by atoms with van der Waals surface area (Å²) in [6.07, 6.45) is 6.38. The Morgan fingerprint density at radius 2 is 2.00 bits per heavy atom. The van der Waals surface area contributed by atoms with Crippen molar-refractivity contribution in [1.82, 2.24) is 20.2 Å². The summed E-state index contributed by atoms with van der Waals surface area (Å²) in [6.45, 7) is 12.3. The second-order valence-corrected chi connectivity index (χ2v) is 10.6. The molecule has 32 heavy (non-hydrogen) atoms. The number of hydrogen-bond donors (Lipinski definition) is 2. The maximum absolute atomic E-state index is 13.1. The van der Waals surface area contributed by atoms with Gasteiger partial charge in [-0.2, -0.15) is 0 Å². The van der Waals surface area contributed by atoms with E-state index in [-0.39, 0.29) is 22.9 Å². The van der Waals surface area contributed by atoms with Gasteiger partial charge in [0.25, 0.3) is 0 Å². The summed E-state index contributed by atoms with van der Waals surface area (Å²) in [7, 11) is 0. The first-order valence-electron chi connectivity index (χ1n) is 11.5. The smallest absolute Gasteiger partial charge is 0.226 e. The Hall–Kier alpha value is -2.73. The zero-order valence-corrected chi connectivity index (χ0v) is 19.9. The van der Waals surface area contributed by atoms with Crippen molar-refractivity contribution in [3.63, 3.8) is 0 Å². The lowest BCUT2D eigenvalue weighted by atomic mass is 9.82. The zero-order chi connectivity index (χ0) is 23.1. The molecule has 2 aromatic heterocycles. The van der Waals surface area contributed by atoms with Gasteiger partial charge in [-0.15, -0.1) is 0 Å². The molecule has 6 heteroatoms. The van der Waals surface area contributed by atoms with Crippen molar-refractivity contribution < 1.29 is 4.79 Å². The molecular weight excluding hydrogens is 398 g/mol. The fourth-order valence-electron chi connectivity index (χ4n) is 5.38. The maximum Gasteiger partial charge on any atom is 0.226 e. The van der Waals surface area contributed by atoms with Crippen LogP contribution in [0.15, 0.2) is 42.1 Å². The standard InChI is InChI=1S/C26H35N5O/c1-17-10-21(19-6-7-23(27)28-15-19)12-22(29-17)20-8-9-31(16-20)24(32)11-18-13-25(2,3)30-26(4,5)14-18/h6-7,10,12-13,15,20,30H,8-9,11,14,16H2,1-5H3,(H2,27,28)/t20-/m1/s1. The van der Waals surface area contributed by atoms with Crippen LogP contribution in [0.1, 0.15) is 64.3 Å². The van der Waals surface area contributed by atoms with Crippen LogP contribution in [0.4, 0.5) is 5.82 Å². The van der Waals surface area contributed by atoms with Gasteiger partial charge in [0.1, 0.15) is 5.82 Å². The first-order valence-corrected chi connectivity index (χ1v) is 11.5. The lowest BCUT2D eigenvalue weighted by Gasteiger charge is -2.41. The Morgan fingerprint density at radius 1 is 1.22 bits per heavy atom. The quantitative estimate of drug-likeness (QED) is 0.706. The van der Waals surface area contributed by atoms with E-state index < -0.39 is 0 Å². The number of rotatable bonds is 4. The third-order valence-electron chi connectivity index (χ3n) is 6.32. The molecule has 0 aromatic carbocycles. The monoisotopic (exact) mass is 433 g/mol. The number of pyridine rings is 2. The van der Waals surface area contributed by atoms with Gasteiger partial charge < -0.3 is 16.0 Å². The number of hydrogen-bond acceptors (Lipinski definition) is 5. The summed E-state index contributed by atoms with van der Waals surface area (Å²) < 4.78 is 0. The number of carbonyl (C=O) groups excluding carboxylic acids is 1. The van der Waals surface area contributed by atoms with Crippen LogP contribution in [0.2, 0.25) is 0 Å². The van der Waals surface area contributed by atoms with Crippen molar-refractivity contribution in [2.75, 3.05) is 18.8 Å². The molecule has 0 saturated carbocycles. The molecule has 4 rings (SSSR count). The first kappa shape index (κ1) is 22.5. The molecule has 2 aliphatic rings. The number of aryl methyl sites for hydroxylation is 1. The Morgan fingerprint density at radius 3 is 2.69 bits per heavy atom. The molecule has 0 radical (unpaired) electrons. The third kappa shape index (κ3) is 5.18. The fourth-order valence-corrected chi connectivity index (χ4v) is 5.38. The Labute approximate surface area is 191 Å². The molecular formula is C26H35N5O.